The van der Waals surface area contributed by atoms with E-state index in [1.807, 2.05) is 44.4 Å². The van der Waals surface area contributed by atoms with Gasteiger partial charge in [-0.3, -0.25) is 10.0 Å². The number of carbonyl (C=O) groups excluding carboxylic acids is 1. The van der Waals surface area contributed by atoms with Crippen LogP contribution in [0.3, 0.4) is 0 Å². The Bertz CT molecular complexity index is 900. The molecule has 0 aliphatic heterocycles. The van der Waals surface area contributed by atoms with E-state index in [0.29, 0.717) is 18.6 Å². The van der Waals surface area contributed by atoms with Crippen LogP contribution in [0, 0.1) is 5.92 Å². The number of hydrogen-bond donors (Lipinski definition) is 2. The second-order valence-electron chi connectivity index (χ2n) is 7.08. The monoisotopic (exact) mass is 424 g/mol. The maximum Gasteiger partial charge on any atom is 0.261 e. The molecule has 2 rings (SSSR count). The molecule has 2 aromatic rings. The SMILES string of the molecule is CSCC[C@H](C(=O)NO)N(CCC(C)C)S(=O)(=O)c1ccc2ccccc2c1. The molecule has 2 aromatic carbocycles. The minimum Gasteiger partial charge on any atom is -0.289 e. The molecule has 0 saturated carbocycles. The van der Waals surface area contributed by atoms with Crippen molar-refractivity contribution in [3.63, 3.8) is 0 Å². The topological polar surface area (TPSA) is 86.7 Å². The van der Waals surface area contributed by atoms with Crippen LogP contribution in [0.25, 0.3) is 10.8 Å². The molecule has 1 amide bonds. The molecule has 0 unspecified atom stereocenters. The van der Waals surface area contributed by atoms with Gasteiger partial charge in [-0.1, -0.05) is 44.2 Å². The maximum atomic E-state index is 13.5. The van der Waals surface area contributed by atoms with Gasteiger partial charge >= 0.3 is 0 Å². The van der Waals surface area contributed by atoms with Crippen LogP contribution in [0.2, 0.25) is 0 Å². The predicted molar refractivity (Wildman–Crippen MR) is 114 cm³/mol. The normalized spacial score (nSPS) is 13.2. The molecule has 0 saturated heterocycles. The molecule has 1 atom stereocenters. The predicted octanol–water partition coefficient (Wildman–Crippen LogP) is 3.50. The maximum absolute atomic E-state index is 13.5. The summed E-state index contributed by atoms with van der Waals surface area (Å²) in [7, 11) is -3.92. The van der Waals surface area contributed by atoms with Crippen molar-refractivity contribution in [2.45, 2.75) is 37.6 Å². The van der Waals surface area contributed by atoms with Crippen LogP contribution in [0.5, 0.6) is 0 Å². The first-order chi connectivity index (χ1) is 13.3. The summed E-state index contributed by atoms with van der Waals surface area (Å²) in [6.45, 7) is 4.22. The van der Waals surface area contributed by atoms with Crippen LogP contribution in [-0.2, 0) is 14.8 Å². The van der Waals surface area contributed by atoms with E-state index in [1.54, 1.807) is 23.7 Å². The minimum atomic E-state index is -3.92. The number of benzene rings is 2. The summed E-state index contributed by atoms with van der Waals surface area (Å²) in [5.74, 6) is 0.165. The van der Waals surface area contributed by atoms with Crippen LogP contribution >= 0.6 is 11.8 Å². The van der Waals surface area contributed by atoms with Gasteiger partial charge in [0.2, 0.25) is 10.0 Å². The van der Waals surface area contributed by atoms with Crippen molar-refractivity contribution in [2.75, 3.05) is 18.6 Å². The van der Waals surface area contributed by atoms with E-state index in [4.69, 9.17) is 0 Å². The second-order valence-corrected chi connectivity index (χ2v) is 9.96. The highest BCUT2D eigenvalue weighted by molar-refractivity contribution is 7.98. The van der Waals surface area contributed by atoms with Gasteiger partial charge in [-0.15, -0.1) is 0 Å². The number of rotatable bonds is 10. The molecule has 0 fully saturated rings. The minimum absolute atomic E-state index is 0.148. The number of amides is 1. The van der Waals surface area contributed by atoms with Gasteiger partial charge in [-0.05, 0) is 53.7 Å². The lowest BCUT2D eigenvalue weighted by molar-refractivity contribution is -0.133. The van der Waals surface area contributed by atoms with Crippen LogP contribution in [0.15, 0.2) is 47.4 Å². The molecule has 0 radical (unpaired) electrons. The van der Waals surface area contributed by atoms with Gasteiger partial charge in [0.1, 0.15) is 6.04 Å². The molecule has 0 spiro atoms. The number of nitrogens with zero attached hydrogens (tertiary/aromatic N) is 1. The van der Waals surface area contributed by atoms with Crippen LogP contribution in [0.4, 0.5) is 0 Å². The third-order valence-corrected chi connectivity index (χ3v) is 7.16. The number of hydroxylamine groups is 1. The van der Waals surface area contributed by atoms with Gasteiger partial charge in [0.25, 0.3) is 5.91 Å². The van der Waals surface area contributed by atoms with E-state index >= 15 is 0 Å². The highest BCUT2D eigenvalue weighted by Gasteiger charge is 2.35. The number of thioether (sulfide) groups is 1. The van der Waals surface area contributed by atoms with Crippen molar-refractivity contribution in [1.29, 1.82) is 0 Å². The Labute approximate surface area is 171 Å². The fraction of sp³-hybridized carbons (Fsp3) is 0.450. The Morgan fingerprint density at radius 3 is 2.43 bits per heavy atom. The van der Waals surface area contributed by atoms with Crippen LogP contribution in [-0.4, -0.2) is 48.4 Å². The van der Waals surface area contributed by atoms with E-state index in [0.717, 1.165) is 10.8 Å². The first-order valence-corrected chi connectivity index (χ1v) is 12.1. The van der Waals surface area contributed by atoms with Crippen molar-refractivity contribution in [2.24, 2.45) is 5.92 Å². The summed E-state index contributed by atoms with van der Waals surface area (Å²) in [5.41, 5.74) is 1.64. The Morgan fingerprint density at radius 1 is 1.14 bits per heavy atom. The van der Waals surface area contributed by atoms with Gasteiger partial charge in [-0.2, -0.15) is 16.1 Å². The lowest BCUT2D eigenvalue weighted by atomic mass is 10.1. The quantitative estimate of drug-likeness (QED) is 0.450. The Morgan fingerprint density at radius 2 is 1.82 bits per heavy atom. The van der Waals surface area contributed by atoms with Gasteiger partial charge in [0, 0.05) is 6.54 Å². The zero-order chi connectivity index (χ0) is 20.7. The van der Waals surface area contributed by atoms with Crippen molar-refractivity contribution in [3.8, 4) is 0 Å². The Balaban J connectivity index is 2.49. The third kappa shape index (κ3) is 5.47. The second kappa shape index (κ2) is 10.2. The smallest absolute Gasteiger partial charge is 0.261 e. The molecule has 0 bridgehead atoms. The van der Waals surface area contributed by atoms with Gasteiger partial charge in [0.05, 0.1) is 4.90 Å². The number of hydrogen-bond acceptors (Lipinski definition) is 5. The molecule has 0 aliphatic carbocycles. The first kappa shape index (κ1) is 22.7. The fourth-order valence-electron chi connectivity index (χ4n) is 3.00. The van der Waals surface area contributed by atoms with Crippen molar-refractivity contribution in [3.05, 3.63) is 42.5 Å². The van der Waals surface area contributed by atoms with E-state index in [-0.39, 0.29) is 17.4 Å². The number of carbonyl (C=O) groups is 1. The Kier molecular flexibility index (Phi) is 8.30. The van der Waals surface area contributed by atoms with E-state index < -0.39 is 22.0 Å². The number of fused-ring (bicyclic) bond motifs is 1. The number of sulfonamides is 1. The molecule has 0 heterocycles. The van der Waals surface area contributed by atoms with Crippen molar-refractivity contribution in [1.82, 2.24) is 9.79 Å². The lowest BCUT2D eigenvalue weighted by Gasteiger charge is -2.30. The van der Waals surface area contributed by atoms with E-state index in [2.05, 4.69) is 0 Å². The summed E-state index contributed by atoms with van der Waals surface area (Å²) in [5, 5.41) is 10.9. The highest BCUT2D eigenvalue weighted by atomic mass is 32.2. The van der Waals surface area contributed by atoms with Gasteiger partial charge in [0.15, 0.2) is 0 Å². The molecule has 6 nitrogen and oxygen atoms in total. The Hall–Kier alpha value is -1.61. The first-order valence-electron chi connectivity index (χ1n) is 9.24. The fourth-order valence-corrected chi connectivity index (χ4v) is 5.13. The molecule has 2 N–H and O–H groups in total. The molecule has 154 valence electrons. The van der Waals surface area contributed by atoms with Crippen molar-refractivity contribution >= 4 is 38.5 Å². The van der Waals surface area contributed by atoms with E-state index in [9.17, 15) is 18.4 Å². The molecular weight excluding hydrogens is 396 g/mol. The highest BCUT2D eigenvalue weighted by Crippen LogP contribution is 2.25. The molecule has 28 heavy (non-hydrogen) atoms. The summed E-state index contributed by atoms with van der Waals surface area (Å²) >= 11 is 1.52. The largest absolute Gasteiger partial charge is 0.289 e. The van der Waals surface area contributed by atoms with Crippen molar-refractivity contribution < 1.29 is 18.4 Å². The van der Waals surface area contributed by atoms with E-state index in [1.165, 1.54) is 16.1 Å². The lowest BCUT2D eigenvalue weighted by Crippen LogP contribution is -2.49. The summed E-state index contributed by atoms with van der Waals surface area (Å²) < 4.78 is 28.2. The molecule has 0 aromatic heterocycles. The molecule has 0 aliphatic rings. The zero-order valence-corrected chi connectivity index (χ0v) is 18.1. The average molecular weight is 425 g/mol. The van der Waals surface area contributed by atoms with Gasteiger partial charge < -0.3 is 0 Å². The average Bonchev–Trinajstić information content (AvgIpc) is 2.69. The summed E-state index contributed by atoms with van der Waals surface area (Å²) in [6.07, 6.45) is 2.82. The summed E-state index contributed by atoms with van der Waals surface area (Å²) in [6, 6.07) is 11.5. The standard InChI is InChI=1S/C20H28N2O4S2/c1-15(2)10-12-22(19(11-13-27-3)20(23)21-24)28(25,26)18-9-8-16-6-4-5-7-17(16)14-18/h4-9,14-15,19,24H,10-13H2,1-3H3,(H,21,23)/t19-/m1/s1. The number of nitrogens with one attached hydrogen (secondary N) is 1. The molecule has 8 heteroatoms. The zero-order valence-electron chi connectivity index (χ0n) is 16.5. The third-order valence-electron chi connectivity index (χ3n) is 4.61. The van der Waals surface area contributed by atoms with Gasteiger partial charge in [-0.25, -0.2) is 13.9 Å². The summed E-state index contributed by atoms with van der Waals surface area (Å²) in [4.78, 5) is 12.5. The van der Waals surface area contributed by atoms with Crippen LogP contribution < -0.4 is 5.48 Å². The van der Waals surface area contributed by atoms with Crippen LogP contribution in [0.1, 0.15) is 26.7 Å². The molecular formula is C20H28N2O4S2.